The lowest BCUT2D eigenvalue weighted by molar-refractivity contribution is 0.152. The van der Waals surface area contributed by atoms with Gasteiger partial charge in [0.15, 0.2) is 11.8 Å². The molecule has 2 aliphatic heterocycles. The molecule has 0 aromatic rings. The van der Waals surface area contributed by atoms with Crippen LogP contribution >= 0.6 is 0 Å². The van der Waals surface area contributed by atoms with Crippen molar-refractivity contribution in [3.8, 4) is 0 Å². The molecule has 0 aliphatic carbocycles. The second-order valence-electron chi connectivity index (χ2n) is 5.56. The van der Waals surface area contributed by atoms with Crippen LogP contribution in [-0.4, -0.2) is 59.5 Å². The van der Waals surface area contributed by atoms with Gasteiger partial charge < -0.3 is 19.7 Å². The van der Waals surface area contributed by atoms with E-state index in [2.05, 4.69) is 9.98 Å². The molecule has 0 saturated heterocycles. The maximum atomic E-state index is 9.38. The van der Waals surface area contributed by atoms with Crippen LogP contribution in [0.15, 0.2) is 9.98 Å². The largest absolute Gasteiger partial charge is 0.478 e. The molecule has 0 fully saturated rings. The number of aliphatic hydroxyl groups excluding tert-OH is 2. The van der Waals surface area contributed by atoms with Gasteiger partial charge in [0, 0.05) is 12.8 Å². The molecular formula is C14H24N2O4. The van der Waals surface area contributed by atoms with Crippen molar-refractivity contribution in [2.24, 2.45) is 9.98 Å². The molecule has 0 saturated carbocycles. The Morgan fingerprint density at radius 2 is 1.30 bits per heavy atom. The monoisotopic (exact) mass is 284 g/mol. The zero-order valence-corrected chi connectivity index (χ0v) is 12.3. The van der Waals surface area contributed by atoms with Gasteiger partial charge in [0.2, 0.25) is 0 Å². The molecule has 0 spiro atoms. The van der Waals surface area contributed by atoms with Crippen LogP contribution in [0.3, 0.4) is 0 Å². The second-order valence-corrected chi connectivity index (χ2v) is 5.56. The van der Waals surface area contributed by atoms with Crippen LogP contribution in [0, 0.1) is 0 Å². The highest BCUT2D eigenvalue weighted by Crippen LogP contribution is 2.26. The first-order chi connectivity index (χ1) is 9.61. The van der Waals surface area contributed by atoms with Crippen molar-refractivity contribution in [1.82, 2.24) is 0 Å². The van der Waals surface area contributed by atoms with Crippen LogP contribution in [0.2, 0.25) is 0 Å². The Morgan fingerprint density at radius 1 is 0.900 bits per heavy atom. The minimum absolute atomic E-state index is 0.00784. The number of aliphatic imine (C=N–C) groups is 2. The number of ether oxygens (including phenoxy) is 2. The molecule has 2 N–H and O–H groups in total. The van der Waals surface area contributed by atoms with E-state index in [-0.39, 0.29) is 13.2 Å². The van der Waals surface area contributed by atoms with Gasteiger partial charge in [-0.25, -0.2) is 9.98 Å². The van der Waals surface area contributed by atoms with Gasteiger partial charge in [-0.3, -0.25) is 0 Å². The summed E-state index contributed by atoms with van der Waals surface area (Å²) in [6.45, 7) is 4.89. The summed E-state index contributed by atoms with van der Waals surface area (Å²) in [7, 11) is 0. The topological polar surface area (TPSA) is 83.6 Å². The summed E-state index contributed by atoms with van der Waals surface area (Å²) in [4.78, 5) is 8.96. The van der Waals surface area contributed by atoms with Gasteiger partial charge in [0.25, 0.3) is 0 Å². The van der Waals surface area contributed by atoms with Crippen LogP contribution in [0.4, 0.5) is 0 Å². The zero-order valence-electron chi connectivity index (χ0n) is 12.3. The lowest BCUT2D eigenvalue weighted by Gasteiger charge is -2.17. The van der Waals surface area contributed by atoms with Crippen LogP contribution in [0.25, 0.3) is 0 Å². The average molecular weight is 284 g/mol. The predicted octanol–water partition coefficient (Wildman–Crippen LogP) is 0.906. The SMILES string of the molecule is CCC1(CO)COC(CCC2=NC(CC)(CO)CO2)=N1. The molecule has 0 amide bonds. The summed E-state index contributed by atoms with van der Waals surface area (Å²) >= 11 is 0. The molecule has 114 valence electrons. The van der Waals surface area contributed by atoms with Crippen LogP contribution < -0.4 is 0 Å². The van der Waals surface area contributed by atoms with E-state index in [4.69, 9.17) is 9.47 Å². The van der Waals surface area contributed by atoms with E-state index in [1.807, 2.05) is 13.8 Å². The molecule has 2 atom stereocenters. The molecule has 2 rings (SSSR count). The first-order valence-electron chi connectivity index (χ1n) is 7.26. The zero-order chi connectivity index (χ0) is 14.6. The third-order valence-electron chi connectivity index (χ3n) is 4.20. The van der Waals surface area contributed by atoms with E-state index in [1.165, 1.54) is 0 Å². The van der Waals surface area contributed by atoms with Crippen molar-refractivity contribution >= 4 is 11.8 Å². The number of hydrogen-bond acceptors (Lipinski definition) is 6. The summed E-state index contributed by atoms with van der Waals surface area (Å²) in [5, 5.41) is 18.8. The number of rotatable bonds is 7. The molecule has 0 radical (unpaired) electrons. The van der Waals surface area contributed by atoms with Gasteiger partial charge in [-0.15, -0.1) is 0 Å². The molecule has 0 bridgehead atoms. The van der Waals surface area contributed by atoms with E-state index < -0.39 is 11.1 Å². The van der Waals surface area contributed by atoms with E-state index in [9.17, 15) is 10.2 Å². The molecule has 20 heavy (non-hydrogen) atoms. The van der Waals surface area contributed by atoms with Crippen molar-refractivity contribution in [1.29, 1.82) is 0 Å². The lowest BCUT2D eigenvalue weighted by atomic mass is 10.0. The Morgan fingerprint density at radius 3 is 1.55 bits per heavy atom. The number of hydrogen-bond donors (Lipinski definition) is 2. The highest BCUT2D eigenvalue weighted by Gasteiger charge is 2.36. The normalized spacial score (nSPS) is 32.6. The number of aliphatic hydroxyl groups is 2. The maximum Gasteiger partial charge on any atom is 0.184 e. The molecule has 0 aromatic heterocycles. The van der Waals surface area contributed by atoms with Gasteiger partial charge in [0.1, 0.15) is 24.3 Å². The van der Waals surface area contributed by atoms with Gasteiger partial charge in [-0.05, 0) is 12.8 Å². The number of nitrogens with zero attached hydrogens (tertiary/aromatic N) is 2. The Balaban J connectivity index is 1.91. The van der Waals surface area contributed by atoms with E-state index in [0.29, 0.717) is 37.9 Å². The average Bonchev–Trinajstić information content (AvgIpc) is 3.10. The second kappa shape index (κ2) is 6.10. The minimum Gasteiger partial charge on any atom is -0.478 e. The van der Waals surface area contributed by atoms with Crippen molar-refractivity contribution in [3.63, 3.8) is 0 Å². The summed E-state index contributed by atoms with van der Waals surface area (Å²) in [6.07, 6.45) is 2.75. The lowest BCUT2D eigenvalue weighted by Crippen LogP contribution is -2.31. The summed E-state index contributed by atoms with van der Waals surface area (Å²) < 4.78 is 11.1. The molecule has 2 aliphatic rings. The van der Waals surface area contributed by atoms with Crippen molar-refractivity contribution < 1.29 is 19.7 Å². The summed E-state index contributed by atoms with van der Waals surface area (Å²) in [5.74, 6) is 1.32. The fourth-order valence-corrected chi connectivity index (χ4v) is 2.31. The van der Waals surface area contributed by atoms with E-state index in [1.54, 1.807) is 0 Å². The standard InChI is InChI=1S/C14H24N2O4/c1-3-13(7-17)9-19-11(15-13)5-6-12-16-14(4-2,8-18)10-20-12/h17-18H,3-10H2,1-2H3. The molecule has 2 heterocycles. The van der Waals surface area contributed by atoms with Crippen LogP contribution in [-0.2, 0) is 9.47 Å². The Kier molecular flexibility index (Phi) is 4.65. The van der Waals surface area contributed by atoms with Crippen LogP contribution in [0.1, 0.15) is 39.5 Å². The van der Waals surface area contributed by atoms with Gasteiger partial charge >= 0.3 is 0 Å². The maximum absolute atomic E-state index is 9.38. The fraction of sp³-hybridized carbons (Fsp3) is 0.857. The Bertz CT molecular complexity index is 360. The smallest absolute Gasteiger partial charge is 0.184 e. The predicted molar refractivity (Wildman–Crippen MR) is 76.2 cm³/mol. The first kappa shape index (κ1) is 15.3. The van der Waals surface area contributed by atoms with Crippen molar-refractivity contribution in [2.45, 2.75) is 50.6 Å². The van der Waals surface area contributed by atoms with E-state index in [0.717, 1.165) is 12.8 Å². The van der Waals surface area contributed by atoms with Gasteiger partial charge in [-0.2, -0.15) is 0 Å². The third kappa shape index (κ3) is 2.96. The van der Waals surface area contributed by atoms with Gasteiger partial charge in [-0.1, -0.05) is 13.8 Å². The highest BCUT2D eigenvalue weighted by atomic mass is 16.5. The molecular weight excluding hydrogens is 260 g/mol. The fourth-order valence-electron chi connectivity index (χ4n) is 2.31. The van der Waals surface area contributed by atoms with Crippen molar-refractivity contribution in [3.05, 3.63) is 0 Å². The quantitative estimate of drug-likeness (QED) is 0.727. The highest BCUT2D eigenvalue weighted by molar-refractivity contribution is 5.85. The van der Waals surface area contributed by atoms with Crippen LogP contribution in [0.5, 0.6) is 0 Å². The Hall–Kier alpha value is -1.14. The minimum atomic E-state index is -0.466. The molecule has 2 unspecified atom stereocenters. The molecule has 6 heteroatoms. The molecule has 0 aromatic carbocycles. The van der Waals surface area contributed by atoms with Gasteiger partial charge in [0.05, 0.1) is 13.2 Å². The van der Waals surface area contributed by atoms with E-state index >= 15 is 0 Å². The molecule has 6 nitrogen and oxygen atoms in total. The Labute approximate surface area is 119 Å². The summed E-state index contributed by atoms with van der Waals surface area (Å²) in [5.41, 5.74) is -0.933. The summed E-state index contributed by atoms with van der Waals surface area (Å²) in [6, 6.07) is 0. The van der Waals surface area contributed by atoms with Crippen molar-refractivity contribution in [2.75, 3.05) is 26.4 Å². The third-order valence-corrected chi connectivity index (χ3v) is 4.20. The first-order valence-corrected chi connectivity index (χ1v) is 7.26.